The molecule has 1 spiro atoms. The molecule has 3 nitrogen and oxygen atoms in total. The molecule has 1 aliphatic heterocycles. The van der Waals surface area contributed by atoms with Crippen LogP contribution in [0.15, 0.2) is 0 Å². The second-order valence-corrected chi connectivity index (χ2v) is 3.99. The average Bonchev–Trinajstić information content (AvgIpc) is 2.68. The maximum Gasteiger partial charge on any atom is 0.303 e. The van der Waals surface area contributed by atoms with Crippen LogP contribution in [0, 0.1) is 5.92 Å². The Morgan fingerprint density at radius 3 is 2.92 bits per heavy atom. The van der Waals surface area contributed by atoms with Gasteiger partial charge in [-0.05, 0) is 31.6 Å². The minimum absolute atomic E-state index is 0.123. The Kier molecular flexibility index (Phi) is 1.83. The van der Waals surface area contributed by atoms with Crippen LogP contribution in [0.4, 0.5) is 0 Å². The van der Waals surface area contributed by atoms with E-state index in [0.717, 1.165) is 32.3 Å². The van der Waals surface area contributed by atoms with Crippen LogP contribution in [-0.4, -0.2) is 23.3 Å². The summed E-state index contributed by atoms with van der Waals surface area (Å²) in [6, 6.07) is 0. The topological polar surface area (TPSA) is 46.5 Å². The van der Waals surface area contributed by atoms with Crippen LogP contribution < -0.4 is 0 Å². The second-order valence-electron chi connectivity index (χ2n) is 3.99. The number of ether oxygens (including phenoxy) is 1. The molecule has 68 valence electrons. The maximum atomic E-state index is 10.5. The van der Waals surface area contributed by atoms with Crippen LogP contribution in [0.5, 0.6) is 0 Å². The highest BCUT2D eigenvalue weighted by atomic mass is 16.5. The van der Waals surface area contributed by atoms with Crippen molar-refractivity contribution in [2.45, 2.75) is 37.7 Å². The van der Waals surface area contributed by atoms with Gasteiger partial charge in [-0.3, -0.25) is 4.79 Å². The summed E-state index contributed by atoms with van der Waals surface area (Å²) in [5.74, 6) is -0.309. The van der Waals surface area contributed by atoms with Gasteiger partial charge in [0.15, 0.2) is 0 Å². The quantitative estimate of drug-likeness (QED) is 0.681. The lowest BCUT2D eigenvalue weighted by molar-refractivity contribution is -0.139. The normalized spacial score (nSPS) is 31.8. The molecule has 0 bridgehead atoms. The first-order valence-corrected chi connectivity index (χ1v) is 4.56. The van der Waals surface area contributed by atoms with Gasteiger partial charge < -0.3 is 9.84 Å². The average molecular weight is 170 g/mol. The zero-order valence-corrected chi connectivity index (χ0v) is 7.08. The molecule has 1 atom stereocenters. The molecular formula is C9H14O3. The van der Waals surface area contributed by atoms with Gasteiger partial charge in [0.25, 0.3) is 0 Å². The molecule has 1 N–H and O–H groups in total. The minimum atomic E-state index is -0.669. The van der Waals surface area contributed by atoms with E-state index in [0.29, 0.717) is 12.3 Å². The molecule has 0 aromatic heterocycles. The Labute approximate surface area is 71.7 Å². The van der Waals surface area contributed by atoms with Crippen LogP contribution in [0.3, 0.4) is 0 Å². The van der Waals surface area contributed by atoms with Crippen LogP contribution in [0.25, 0.3) is 0 Å². The Morgan fingerprint density at radius 2 is 2.33 bits per heavy atom. The first-order chi connectivity index (χ1) is 5.70. The molecule has 0 aromatic carbocycles. The lowest BCUT2D eigenvalue weighted by atomic mass is 9.91. The van der Waals surface area contributed by atoms with Gasteiger partial charge in [-0.25, -0.2) is 0 Å². The van der Waals surface area contributed by atoms with Gasteiger partial charge in [-0.2, -0.15) is 0 Å². The molecule has 0 radical (unpaired) electrons. The van der Waals surface area contributed by atoms with Crippen molar-refractivity contribution in [3.05, 3.63) is 0 Å². The zero-order valence-electron chi connectivity index (χ0n) is 7.08. The van der Waals surface area contributed by atoms with Crippen molar-refractivity contribution >= 4 is 5.97 Å². The summed E-state index contributed by atoms with van der Waals surface area (Å²) in [5, 5.41) is 8.62. The van der Waals surface area contributed by atoms with E-state index in [1.807, 2.05) is 0 Å². The molecule has 2 aliphatic rings. The monoisotopic (exact) mass is 170 g/mol. The predicted molar refractivity (Wildman–Crippen MR) is 42.9 cm³/mol. The third-order valence-electron chi connectivity index (χ3n) is 2.87. The summed E-state index contributed by atoms with van der Waals surface area (Å²) in [6.07, 6.45) is 4.50. The summed E-state index contributed by atoms with van der Waals surface area (Å²) >= 11 is 0. The van der Waals surface area contributed by atoms with Gasteiger partial charge >= 0.3 is 5.97 Å². The van der Waals surface area contributed by atoms with Gasteiger partial charge in [-0.15, -0.1) is 0 Å². The summed E-state index contributed by atoms with van der Waals surface area (Å²) in [7, 11) is 0. The molecule has 0 aromatic rings. The Balaban J connectivity index is 1.86. The van der Waals surface area contributed by atoms with E-state index in [-0.39, 0.29) is 5.60 Å². The molecule has 1 heterocycles. The lowest BCUT2D eigenvalue weighted by Crippen LogP contribution is -2.28. The Hall–Kier alpha value is -0.570. The van der Waals surface area contributed by atoms with E-state index in [9.17, 15) is 4.79 Å². The molecule has 2 rings (SSSR count). The number of rotatable bonds is 2. The van der Waals surface area contributed by atoms with Crippen molar-refractivity contribution in [2.75, 3.05) is 6.61 Å². The highest BCUT2D eigenvalue weighted by molar-refractivity contribution is 5.67. The van der Waals surface area contributed by atoms with E-state index in [1.165, 1.54) is 0 Å². The van der Waals surface area contributed by atoms with Crippen molar-refractivity contribution < 1.29 is 14.6 Å². The summed E-state index contributed by atoms with van der Waals surface area (Å²) < 4.78 is 5.60. The largest absolute Gasteiger partial charge is 0.481 e. The fraction of sp³-hybridized carbons (Fsp3) is 0.889. The molecule has 1 saturated heterocycles. The van der Waals surface area contributed by atoms with Crippen molar-refractivity contribution in [3.8, 4) is 0 Å². The zero-order chi connectivity index (χ0) is 8.60. The molecular weight excluding hydrogens is 156 g/mol. The molecule has 3 heteroatoms. The SMILES string of the molecule is O=C(O)C[C@@H]1CCOC2(CC2)C1. The van der Waals surface area contributed by atoms with Crippen LogP contribution in [0.2, 0.25) is 0 Å². The molecule has 1 saturated carbocycles. The fourth-order valence-electron chi connectivity index (χ4n) is 2.04. The Bertz CT molecular complexity index is 196. The van der Waals surface area contributed by atoms with Gasteiger partial charge in [0.2, 0.25) is 0 Å². The summed E-state index contributed by atoms with van der Waals surface area (Å²) in [5.41, 5.74) is 0.123. The smallest absolute Gasteiger partial charge is 0.303 e. The maximum absolute atomic E-state index is 10.5. The predicted octanol–water partition coefficient (Wildman–Crippen LogP) is 1.42. The van der Waals surface area contributed by atoms with Crippen molar-refractivity contribution in [1.82, 2.24) is 0 Å². The molecule has 1 aliphatic carbocycles. The van der Waals surface area contributed by atoms with Gasteiger partial charge in [0.1, 0.15) is 0 Å². The molecule has 0 unspecified atom stereocenters. The van der Waals surface area contributed by atoms with E-state index in [2.05, 4.69) is 0 Å². The van der Waals surface area contributed by atoms with E-state index in [4.69, 9.17) is 9.84 Å². The molecule has 12 heavy (non-hydrogen) atoms. The van der Waals surface area contributed by atoms with Crippen LogP contribution in [0.1, 0.15) is 32.1 Å². The number of hydrogen-bond acceptors (Lipinski definition) is 2. The third-order valence-corrected chi connectivity index (χ3v) is 2.87. The number of carbonyl (C=O) groups is 1. The summed E-state index contributed by atoms with van der Waals surface area (Å²) in [4.78, 5) is 10.5. The molecule has 0 amide bonds. The highest BCUT2D eigenvalue weighted by Crippen LogP contribution is 2.48. The van der Waals surface area contributed by atoms with Gasteiger partial charge in [-0.1, -0.05) is 0 Å². The minimum Gasteiger partial charge on any atom is -0.481 e. The number of aliphatic carboxylic acids is 1. The van der Waals surface area contributed by atoms with Crippen molar-refractivity contribution in [1.29, 1.82) is 0 Å². The number of carboxylic acids is 1. The van der Waals surface area contributed by atoms with Gasteiger partial charge in [0, 0.05) is 13.0 Å². The van der Waals surface area contributed by atoms with Crippen LogP contribution in [-0.2, 0) is 9.53 Å². The van der Waals surface area contributed by atoms with Gasteiger partial charge in [0.05, 0.1) is 5.60 Å². The van der Waals surface area contributed by atoms with Crippen molar-refractivity contribution in [2.24, 2.45) is 5.92 Å². The Morgan fingerprint density at radius 1 is 1.58 bits per heavy atom. The van der Waals surface area contributed by atoms with Crippen molar-refractivity contribution in [3.63, 3.8) is 0 Å². The van der Waals surface area contributed by atoms with Crippen LogP contribution >= 0.6 is 0 Å². The molecule has 2 fully saturated rings. The van der Waals surface area contributed by atoms with E-state index in [1.54, 1.807) is 0 Å². The second kappa shape index (κ2) is 2.73. The highest BCUT2D eigenvalue weighted by Gasteiger charge is 2.47. The van der Waals surface area contributed by atoms with E-state index >= 15 is 0 Å². The van der Waals surface area contributed by atoms with E-state index < -0.39 is 5.97 Å². The number of hydrogen-bond donors (Lipinski definition) is 1. The number of carboxylic acid groups (broad SMARTS) is 1. The summed E-state index contributed by atoms with van der Waals surface area (Å²) in [6.45, 7) is 0.762. The first kappa shape index (κ1) is 8.05. The lowest BCUT2D eigenvalue weighted by Gasteiger charge is -2.28. The fourth-order valence-corrected chi connectivity index (χ4v) is 2.04. The third kappa shape index (κ3) is 1.61. The first-order valence-electron chi connectivity index (χ1n) is 4.56. The standard InChI is InChI=1S/C9H14O3/c10-8(11)5-7-1-4-12-9(6-7)2-3-9/h7H,1-6H2,(H,10,11)/t7-/m0/s1.